The smallest absolute Gasteiger partial charge is 0.421 e. The first-order valence-electron chi connectivity index (χ1n) is 14.0. The Bertz CT molecular complexity index is 510. The molecule has 0 aromatic carbocycles. The summed E-state index contributed by atoms with van der Waals surface area (Å²) in [6.45, 7) is 6.88. The Kier molecular flexibility index (Phi) is 25.5. The zero-order valence-corrected chi connectivity index (χ0v) is 24.4. The predicted octanol–water partition coefficient (Wildman–Crippen LogP) is 8.28. The van der Waals surface area contributed by atoms with Crippen molar-refractivity contribution in [2.24, 2.45) is 0 Å². The van der Waals surface area contributed by atoms with Crippen LogP contribution in [-0.2, 0) is 29.9 Å². The van der Waals surface area contributed by atoms with Crippen molar-refractivity contribution in [1.29, 1.82) is 0 Å². The van der Waals surface area contributed by atoms with Crippen LogP contribution in [0, 0.1) is 0 Å². The summed E-state index contributed by atoms with van der Waals surface area (Å²) in [6, 6.07) is 0. The first-order valence-corrected chi connectivity index (χ1v) is 16.7. The van der Waals surface area contributed by atoms with Gasteiger partial charge in [0.2, 0.25) is 0 Å². The molecule has 0 amide bonds. The maximum atomic E-state index is 13.1. The molecule has 4 atom stereocenters. The Labute approximate surface area is 218 Å². The lowest BCUT2D eigenvalue weighted by atomic mass is 10.1. The average molecular weight is 541 g/mol. The maximum Gasteiger partial charge on any atom is 0.421 e. The summed E-state index contributed by atoms with van der Waals surface area (Å²) in [6.07, 6.45) is 19.7. The van der Waals surface area contributed by atoms with Gasteiger partial charge in [-0.15, -0.1) is 0 Å². The van der Waals surface area contributed by atoms with Crippen LogP contribution in [-0.4, -0.2) is 45.8 Å². The topological polar surface area (TPSA) is 105 Å². The predicted molar refractivity (Wildman–Crippen MR) is 146 cm³/mol. The summed E-state index contributed by atoms with van der Waals surface area (Å²) in [5.41, 5.74) is -1.25. The van der Waals surface area contributed by atoms with Crippen molar-refractivity contribution < 1.29 is 33.3 Å². The van der Waals surface area contributed by atoms with Crippen molar-refractivity contribution in [2.75, 3.05) is 19.0 Å². The molecule has 9 heteroatoms. The largest absolute Gasteiger partial charge is 0.616 e. The lowest BCUT2D eigenvalue weighted by Crippen LogP contribution is -2.36. The second-order valence-electron chi connectivity index (χ2n) is 9.45. The van der Waals surface area contributed by atoms with Crippen LogP contribution in [0.3, 0.4) is 0 Å². The third-order valence-corrected chi connectivity index (χ3v) is 9.18. The van der Waals surface area contributed by atoms with Gasteiger partial charge in [-0.1, -0.05) is 90.9 Å². The van der Waals surface area contributed by atoms with E-state index in [-0.39, 0.29) is 18.0 Å². The zero-order chi connectivity index (χ0) is 26.2. The summed E-state index contributed by atoms with van der Waals surface area (Å²) >= 11 is -0.920. The van der Waals surface area contributed by atoms with E-state index < -0.39 is 24.9 Å². The van der Waals surface area contributed by atoms with E-state index in [1.165, 1.54) is 77.0 Å². The molecule has 0 fully saturated rings. The first-order chi connectivity index (χ1) is 17.0. The molecule has 1 N–H and O–H groups in total. The highest BCUT2D eigenvalue weighted by Gasteiger charge is 2.28. The van der Waals surface area contributed by atoms with Gasteiger partial charge in [-0.05, 0) is 50.2 Å². The molecule has 0 rings (SSSR count). The Morgan fingerprint density at radius 2 is 1.34 bits per heavy atom. The molecule has 0 saturated heterocycles. The van der Waals surface area contributed by atoms with Crippen molar-refractivity contribution in [2.45, 2.75) is 141 Å². The number of unbranched alkanes of at least 4 members (excludes halogenated alkanes) is 13. The van der Waals surface area contributed by atoms with Gasteiger partial charge < -0.3 is 13.8 Å². The highest BCUT2D eigenvalue weighted by Crippen LogP contribution is 2.25. The zero-order valence-electron chi connectivity index (χ0n) is 22.6. The Balaban J connectivity index is 4.32. The number of rotatable bonds is 26. The molecule has 0 aliphatic carbocycles. The van der Waals surface area contributed by atoms with Gasteiger partial charge in [-0.25, -0.2) is 4.79 Å². The van der Waals surface area contributed by atoms with E-state index in [9.17, 15) is 13.9 Å². The van der Waals surface area contributed by atoms with E-state index in [0.717, 1.165) is 31.4 Å². The monoisotopic (exact) mass is 540 g/mol. The van der Waals surface area contributed by atoms with Crippen molar-refractivity contribution in [3.8, 4) is 0 Å². The molecule has 7 nitrogen and oxygen atoms in total. The Morgan fingerprint density at radius 1 is 0.829 bits per heavy atom. The number of carbonyl (C=O) groups excluding carboxylic acids is 1. The number of ether oxygens (including phenoxy) is 1. The SMILES string of the molecule is CCCCCCCCCCC[S+]([O-])C(CCCCCCCC)C(C)OCCCO[PH](=O)C(=O)OO. The van der Waals surface area contributed by atoms with Crippen LogP contribution in [0.4, 0.5) is 4.79 Å². The fourth-order valence-corrected chi connectivity index (χ4v) is 6.36. The van der Waals surface area contributed by atoms with Crippen molar-refractivity contribution in [1.82, 2.24) is 0 Å². The van der Waals surface area contributed by atoms with Gasteiger partial charge in [-0.3, -0.25) is 9.45 Å². The molecule has 0 aromatic rings. The fourth-order valence-electron chi connectivity index (χ4n) is 4.11. The normalized spacial score (nSPS) is 15.0. The summed E-state index contributed by atoms with van der Waals surface area (Å²) in [5.74, 6) is 0.735. The molecular formula is C26H53O7PS. The second-order valence-corrected chi connectivity index (χ2v) is 12.5. The third kappa shape index (κ3) is 20.6. The van der Waals surface area contributed by atoms with Crippen LogP contribution in [0.2, 0.25) is 0 Å². The fraction of sp³-hybridized carbons (Fsp3) is 0.962. The minimum absolute atomic E-state index is 0.0136. The summed E-state index contributed by atoms with van der Waals surface area (Å²) in [4.78, 5) is 14.3. The lowest BCUT2D eigenvalue weighted by molar-refractivity contribution is -0.168. The minimum Gasteiger partial charge on any atom is -0.616 e. The van der Waals surface area contributed by atoms with Gasteiger partial charge in [0, 0.05) is 6.61 Å². The minimum atomic E-state index is -3.06. The maximum absolute atomic E-state index is 13.1. The molecule has 0 radical (unpaired) electrons. The molecular weight excluding hydrogens is 487 g/mol. The van der Waals surface area contributed by atoms with Gasteiger partial charge in [0.1, 0.15) is 17.1 Å². The second kappa shape index (κ2) is 25.5. The van der Waals surface area contributed by atoms with Crippen LogP contribution < -0.4 is 0 Å². The van der Waals surface area contributed by atoms with E-state index >= 15 is 0 Å². The molecule has 210 valence electrons. The molecule has 0 heterocycles. The Morgan fingerprint density at radius 3 is 1.89 bits per heavy atom. The van der Waals surface area contributed by atoms with E-state index in [4.69, 9.17) is 14.5 Å². The number of hydrogen-bond donors (Lipinski definition) is 1. The molecule has 35 heavy (non-hydrogen) atoms. The number of hydrogen-bond acceptors (Lipinski definition) is 7. The standard InChI is InChI=1S/C26H53O7PS/c1-4-6-8-10-12-13-14-16-18-23-35(30)25(20-17-15-11-9-7-5-2)24(3)31-21-19-22-32-34(29)26(27)33-28/h24-25,28,34H,4-23H2,1-3H3. The van der Waals surface area contributed by atoms with E-state index in [1.54, 1.807) is 0 Å². The highest BCUT2D eigenvalue weighted by molar-refractivity contribution is 7.92. The number of carbonyl (C=O) groups is 1. The molecule has 0 bridgehead atoms. The molecule has 0 aliphatic rings. The van der Waals surface area contributed by atoms with Crippen LogP contribution in [0.5, 0.6) is 0 Å². The van der Waals surface area contributed by atoms with Crippen LogP contribution >= 0.6 is 8.03 Å². The molecule has 0 saturated carbocycles. The van der Waals surface area contributed by atoms with Gasteiger partial charge in [-0.2, -0.15) is 5.26 Å². The summed E-state index contributed by atoms with van der Waals surface area (Å²) in [5, 5.41) is 8.22. The Hall–Kier alpha value is -0.110. The van der Waals surface area contributed by atoms with E-state index in [0.29, 0.717) is 13.0 Å². The van der Waals surface area contributed by atoms with E-state index in [1.807, 2.05) is 6.92 Å². The van der Waals surface area contributed by atoms with Gasteiger partial charge in [0.25, 0.3) is 0 Å². The molecule has 0 aromatic heterocycles. The average Bonchev–Trinajstić information content (AvgIpc) is 2.86. The van der Waals surface area contributed by atoms with Gasteiger partial charge >= 0.3 is 13.7 Å². The van der Waals surface area contributed by atoms with Crippen LogP contribution in [0.1, 0.15) is 130 Å². The van der Waals surface area contributed by atoms with Crippen LogP contribution in [0.25, 0.3) is 0 Å². The van der Waals surface area contributed by atoms with Crippen molar-refractivity contribution in [3.63, 3.8) is 0 Å². The first kappa shape index (κ1) is 34.9. The third-order valence-electron chi connectivity index (χ3n) is 6.30. The lowest BCUT2D eigenvalue weighted by Gasteiger charge is -2.27. The summed E-state index contributed by atoms with van der Waals surface area (Å²) in [7, 11) is -3.06. The van der Waals surface area contributed by atoms with Crippen LogP contribution in [0.15, 0.2) is 0 Å². The van der Waals surface area contributed by atoms with E-state index in [2.05, 4.69) is 18.7 Å². The van der Waals surface area contributed by atoms with Crippen molar-refractivity contribution >= 4 is 24.9 Å². The molecule has 0 spiro atoms. The molecule has 4 unspecified atom stereocenters. The molecule has 0 aliphatic heterocycles. The van der Waals surface area contributed by atoms with Crippen molar-refractivity contribution in [3.05, 3.63) is 0 Å². The summed E-state index contributed by atoms with van der Waals surface area (Å²) < 4.78 is 35.3. The highest BCUT2D eigenvalue weighted by atomic mass is 32.2. The quantitative estimate of drug-likeness (QED) is 0.0387. The van der Waals surface area contributed by atoms with Gasteiger partial charge in [0.15, 0.2) is 0 Å². The van der Waals surface area contributed by atoms with Gasteiger partial charge in [0.05, 0.1) is 6.61 Å².